The van der Waals surface area contributed by atoms with E-state index in [2.05, 4.69) is 5.32 Å². The molecular weight excluding hydrogens is 196 g/mol. The molecule has 0 aliphatic rings. The molecule has 0 bridgehead atoms. The number of carbonyl (C=O) groups is 1. The second-order valence-electron chi connectivity index (χ2n) is 2.66. The molecule has 0 saturated carbocycles. The standard InChI is InChI=1S/C6H14N2O4S/c1-8(13(2,11)12)4-3-7-5-6(9)10/h7H,3-5H2,1-2H3,(H,9,10). The van der Waals surface area contributed by atoms with Crippen LogP contribution in [0.4, 0.5) is 0 Å². The van der Waals surface area contributed by atoms with Gasteiger partial charge in [-0.15, -0.1) is 0 Å². The number of rotatable bonds is 6. The topological polar surface area (TPSA) is 86.7 Å². The van der Waals surface area contributed by atoms with E-state index in [1.165, 1.54) is 7.05 Å². The molecule has 0 radical (unpaired) electrons. The van der Waals surface area contributed by atoms with Crippen molar-refractivity contribution < 1.29 is 18.3 Å². The number of sulfonamides is 1. The summed E-state index contributed by atoms with van der Waals surface area (Å²) in [6.45, 7) is 0.444. The van der Waals surface area contributed by atoms with Gasteiger partial charge in [0.2, 0.25) is 10.0 Å². The van der Waals surface area contributed by atoms with Gasteiger partial charge in [-0.05, 0) is 0 Å². The zero-order valence-corrected chi connectivity index (χ0v) is 8.47. The number of nitrogens with zero attached hydrogens (tertiary/aromatic N) is 1. The summed E-state index contributed by atoms with van der Waals surface area (Å²) in [5.41, 5.74) is 0. The first-order valence-corrected chi connectivity index (χ1v) is 5.52. The van der Waals surface area contributed by atoms with Gasteiger partial charge in [-0.3, -0.25) is 4.79 Å². The predicted octanol–water partition coefficient (Wildman–Crippen LogP) is -1.45. The van der Waals surface area contributed by atoms with Gasteiger partial charge in [0, 0.05) is 20.1 Å². The summed E-state index contributed by atoms with van der Waals surface area (Å²) in [7, 11) is -1.72. The van der Waals surface area contributed by atoms with Gasteiger partial charge in [-0.25, -0.2) is 12.7 Å². The minimum absolute atomic E-state index is 0.155. The molecule has 0 aromatic heterocycles. The van der Waals surface area contributed by atoms with Crippen molar-refractivity contribution in [2.75, 3.05) is 32.9 Å². The average Bonchev–Trinajstić information content (AvgIpc) is 1.95. The molecule has 0 amide bonds. The second-order valence-corrected chi connectivity index (χ2v) is 4.74. The minimum atomic E-state index is -3.16. The number of carboxylic acids is 1. The average molecular weight is 210 g/mol. The summed E-state index contributed by atoms with van der Waals surface area (Å²) in [5, 5.41) is 10.8. The largest absolute Gasteiger partial charge is 0.480 e. The van der Waals surface area contributed by atoms with Gasteiger partial charge >= 0.3 is 5.97 Å². The SMILES string of the molecule is CN(CCNCC(=O)O)S(C)(=O)=O. The lowest BCUT2D eigenvalue weighted by Crippen LogP contribution is -2.34. The second kappa shape index (κ2) is 5.15. The molecule has 2 N–H and O–H groups in total. The van der Waals surface area contributed by atoms with Gasteiger partial charge in [0.25, 0.3) is 0 Å². The first kappa shape index (κ1) is 12.3. The maximum Gasteiger partial charge on any atom is 0.317 e. The third-order valence-corrected chi connectivity index (χ3v) is 2.76. The summed E-state index contributed by atoms with van der Waals surface area (Å²) in [4.78, 5) is 10.0. The van der Waals surface area contributed by atoms with Crippen molar-refractivity contribution in [1.82, 2.24) is 9.62 Å². The predicted molar refractivity (Wildman–Crippen MR) is 48.0 cm³/mol. The Morgan fingerprint density at radius 2 is 2.08 bits per heavy atom. The zero-order chi connectivity index (χ0) is 10.5. The van der Waals surface area contributed by atoms with Crippen LogP contribution in [0.25, 0.3) is 0 Å². The summed E-state index contributed by atoms with van der Waals surface area (Å²) in [5.74, 6) is -0.956. The highest BCUT2D eigenvalue weighted by Gasteiger charge is 2.09. The first-order chi connectivity index (χ1) is 5.84. The quantitative estimate of drug-likeness (QED) is 0.524. The zero-order valence-electron chi connectivity index (χ0n) is 7.65. The Hall–Kier alpha value is -0.660. The van der Waals surface area contributed by atoms with Gasteiger partial charge in [-0.1, -0.05) is 0 Å². The van der Waals surface area contributed by atoms with E-state index in [0.29, 0.717) is 6.54 Å². The fraction of sp³-hybridized carbons (Fsp3) is 0.833. The monoisotopic (exact) mass is 210 g/mol. The van der Waals surface area contributed by atoms with Crippen molar-refractivity contribution in [3.63, 3.8) is 0 Å². The van der Waals surface area contributed by atoms with E-state index in [4.69, 9.17) is 5.11 Å². The van der Waals surface area contributed by atoms with E-state index in [9.17, 15) is 13.2 Å². The van der Waals surface area contributed by atoms with Crippen LogP contribution in [0.2, 0.25) is 0 Å². The van der Waals surface area contributed by atoms with Gasteiger partial charge in [0.05, 0.1) is 12.8 Å². The van der Waals surface area contributed by atoms with E-state index in [-0.39, 0.29) is 13.1 Å². The van der Waals surface area contributed by atoms with Crippen LogP contribution in [-0.4, -0.2) is 56.7 Å². The molecule has 0 aliphatic heterocycles. The molecule has 0 aliphatic carbocycles. The number of aliphatic carboxylic acids is 1. The summed E-state index contributed by atoms with van der Waals surface area (Å²) < 4.78 is 22.8. The van der Waals surface area contributed by atoms with E-state index in [1.807, 2.05) is 0 Å². The van der Waals surface area contributed by atoms with Crippen LogP contribution < -0.4 is 5.32 Å². The Morgan fingerprint density at radius 3 is 2.46 bits per heavy atom. The Morgan fingerprint density at radius 1 is 1.54 bits per heavy atom. The highest BCUT2D eigenvalue weighted by atomic mass is 32.2. The van der Waals surface area contributed by atoms with Crippen molar-refractivity contribution >= 4 is 16.0 Å². The molecule has 0 rings (SSSR count). The summed E-state index contributed by atoms with van der Waals surface area (Å²) in [6, 6.07) is 0. The van der Waals surface area contributed by atoms with Crippen molar-refractivity contribution in [3.8, 4) is 0 Å². The van der Waals surface area contributed by atoms with Gasteiger partial charge in [-0.2, -0.15) is 0 Å². The van der Waals surface area contributed by atoms with E-state index in [1.54, 1.807) is 0 Å². The van der Waals surface area contributed by atoms with E-state index >= 15 is 0 Å². The van der Waals surface area contributed by atoms with Crippen LogP contribution in [0.5, 0.6) is 0 Å². The van der Waals surface area contributed by atoms with Crippen LogP contribution in [0.3, 0.4) is 0 Å². The highest BCUT2D eigenvalue weighted by molar-refractivity contribution is 7.88. The Balaban J connectivity index is 3.61. The van der Waals surface area contributed by atoms with Crippen molar-refractivity contribution in [1.29, 1.82) is 0 Å². The molecule has 0 unspecified atom stereocenters. The molecule has 0 fully saturated rings. The van der Waals surface area contributed by atoms with E-state index in [0.717, 1.165) is 10.6 Å². The van der Waals surface area contributed by atoms with Gasteiger partial charge in [0.1, 0.15) is 0 Å². The molecular formula is C6H14N2O4S. The van der Waals surface area contributed by atoms with Crippen LogP contribution in [0.15, 0.2) is 0 Å². The van der Waals surface area contributed by atoms with E-state index < -0.39 is 16.0 Å². The molecule has 13 heavy (non-hydrogen) atoms. The highest BCUT2D eigenvalue weighted by Crippen LogP contribution is 1.89. The molecule has 78 valence electrons. The Labute approximate surface area is 77.6 Å². The lowest BCUT2D eigenvalue weighted by Gasteiger charge is -2.13. The number of hydrogen-bond donors (Lipinski definition) is 2. The fourth-order valence-electron chi connectivity index (χ4n) is 0.598. The number of hydrogen-bond acceptors (Lipinski definition) is 4. The van der Waals surface area contributed by atoms with Crippen LogP contribution >= 0.6 is 0 Å². The summed E-state index contributed by atoms with van der Waals surface area (Å²) >= 11 is 0. The Bertz CT molecular complexity index is 262. The normalized spacial score (nSPS) is 11.9. The van der Waals surface area contributed by atoms with Crippen molar-refractivity contribution in [2.45, 2.75) is 0 Å². The summed E-state index contributed by atoms with van der Waals surface area (Å²) in [6.07, 6.45) is 1.10. The molecule has 0 aromatic carbocycles. The fourth-order valence-corrected chi connectivity index (χ4v) is 1.02. The maximum atomic E-state index is 10.8. The van der Waals surface area contributed by atoms with Crippen molar-refractivity contribution in [3.05, 3.63) is 0 Å². The molecule has 0 aromatic rings. The molecule has 0 heterocycles. The molecule has 0 spiro atoms. The maximum absolute atomic E-state index is 10.8. The van der Waals surface area contributed by atoms with Crippen LogP contribution in [0.1, 0.15) is 0 Å². The lowest BCUT2D eigenvalue weighted by molar-refractivity contribution is -0.135. The molecule has 0 atom stereocenters. The molecule has 6 nitrogen and oxygen atoms in total. The third-order valence-electron chi connectivity index (χ3n) is 1.45. The number of carboxylic acid groups (broad SMARTS) is 1. The number of nitrogens with one attached hydrogen (secondary N) is 1. The minimum Gasteiger partial charge on any atom is -0.480 e. The third kappa shape index (κ3) is 6.50. The van der Waals surface area contributed by atoms with Crippen molar-refractivity contribution in [2.24, 2.45) is 0 Å². The van der Waals surface area contributed by atoms with Gasteiger partial charge in [0.15, 0.2) is 0 Å². The molecule has 0 saturated heterocycles. The molecule has 7 heteroatoms. The van der Waals surface area contributed by atoms with Crippen LogP contribution in [-0.2, 0) is 14.8 Å². The smallest absolute Gasteiger partial charge is 0.317 e. The number of likely N-dealkylation sites (N-methyl/N-ethyl adjacent to an activating group) is 1. The first-order valence-electron chi connectivity index (χ1n) is 3.68. The Kier molecular flexibility index (Phi) is 4.89. The van der Waals surface area contributed by atoms with Crippen LogP contribution in [0, 0.1) is 0 Å². The lowest BCUT2D eigenvalue weighted by atomic mass is 10.6. The van der Waals surface area contributed by atoms with Gasteiger partial charge < -0.3 is 10.4 Å².